The Hall–Kier alpha value is -1.94. The number of rotatable bonds is 2. The van der Waals surface area contributed by atoms with E-state index in [9.17, 15) is 4.79 Å². The summed E-state index contributed by atoms with van der Waals surface area (Å²) in [7, 11) is 0. The topological polar surface area (TPSA) is 60.9 Å². The first kappa shape index (κ1) is 12.5. The summed E-state index contributed by atoms with van der Waals surface area (Å²) in [6.45, 7) is 6.21. The van der Waals surface area contributed by atoms with Crippen molar-refractivity contribution in [3.05, 3.63) is 57.0 Å². The fraction of sp³-hybridized carbons (Fsp3) is 0.286. The van der Waals surface area contributed by atoms with E-state index in [0.29, 0.717) is 6.54 Å². The molecule has 2 rings (SSSR count). The zero-order chi connectivity index (χ0) is 13.3. The van der Waals surface area contributed by atoms with Gasteiger partial charge in [0.1, 0.15) is 0 Å². The van der Waals surface area contributed by atoms with Crippen LogP contribution in [0.5, 0.6) is 0 Å². The average Bonchev–Trinajstić information content (AvgIpc) is 2.35. The number of aryl methyl sites for hydroxylation is 2. The van der Waals surface area contributed by atoms with Crippen LogP contribution in [-0.4, -0.2) is 9.78 Å². The zero-order valence-electron chi connectivity index (χ0n) is 10.9. The molecular formula is C14H17N3O. The van der Waals surface area contributed by atoms with Crippen molar-refractivity contribution < 1.29 is 0 Å². The summed E-state index contributed by atoms with van der Waals surface area (Å²) in [5.74, 6) is 0. The maximum atomic E-state index is 12.1. The monoisotopic (exact) mass is 243 g/mol. The molecule has 0 radical (unpaired) electrons. The van der Waals surface area contributed by atoms with Gasteiger partial charge in [-0.05, 0) is 43.5 Å². The van der Waals surface area contributed by atoms with Crippen LogP contribution in [0, 0.1) is 20.8 Å². The Bertz CT molecular complexity index is 644. The first-order chi connectivity index (χ1) is 8.54. The van der Waals surface area contributed by atoms with Gasteiger partial charge in [-0.2, -0.15) is 9.78 Å². The second-order valence-corrected chi connectivity index (χ2v) is 4.43. The van der Waals surface area contributed by atoms with E-state index < -0.39 is 0 Å². The third-order valence-corrected chi connectivity index (χ3v) is 3.25. The molecule has 1 heterocycles. The SMILES string of the molecule is Cc1cccc(-n2nc(C)c(CN)cc2=O)c1C. The first-order valence-electron chi connectivity index (χ1n) is 5.91. The molecule has 0 saturated heterocycles. The summed E-state index contributed by atoms with van der Waals surface area (Å²) < 4.78 is 1.44. The van der Waals surface area contributed by atoms with Crippen molar-refractivity contribution in [3.63, 3.8) is 0 Å². The Balaban J connectivity index is 2.69. The van der Waals surface area contributed by atoms with Gasteiger partial charge in [-0.3, -0.25) is 4.79 Å². The molecule has 4 heteroatoms. The van der Waals surface area contributed by atoms with E-state index in [-0.39, 0.29) is 5.56 Å². The van der Waals surface area contributed by atoms with Gasteiger partial charge in [-0.25, -0.2) is 0 Å². The number of hydrogen-bond donors (Lipinski definition) is 1. The second-order valence-electron chi connectivity index (χ2n) is 4.43. The molecule has 0 aliphatic carbocycles. The van der Waals surface area contributed by atoms with Gasteiger partial charge in [0.25, 0.3) is 5.56 Å². The van der Waals surface area contributed by atoms with E-state index in [0.717, 1.165) is 28.1 Å². The summed E-state index contributed by atoms with van der Waals surface area (Å²) >= 11 is 0. The predicted octanol–water partition coefficient (Wildman–Crippen LogP) is 1.62. The van der Waals surface area contributed by atoms with Crippen LogP contribution in [0.1, 0.15) is 22.4 Å². The molecule has 0 fully saturated rings. The van der Waals surface area contributed by atoms with E-state index in [4.69, 9.17) is 5.73 Å². The van der Waals surface area contributed by atoms with Crippen LogP contribution in [0.15, 0.2) is 29.1 Å². The minimum Gasteiger partial charge on any atom is -0.326 e. The van der Waals surface area contributed by atoms with Gasteiger partial charge in [-0.15, -0.1) is 0 Å². The first-order valence-corrected chi connectivity index (χ1v) is 5.91. The van der Waals surface area contributed by atoms with Crippen molar-refractivity contribution in [3.8, 4) is 5.69 Å². The minimum absolute atomic E-state index is 0.144. The highest BCUT2D eigenvalue weighted by Gasteiger charge is 2.09. The van der Waals surface area contributed by atoms with Crippen molar-refractivity contribution in [1.82, 2.24) is 9.78 Å². The van der Waals surface area contributed by atoms with E-state index in [2.05, 4.69) is 5.10 Å². The fourth-order valence-electron chi connectivity index (χ4n) is 1.92. The van der Waals surface area contributed by atoms with Crippen molar-refractivity contribution in [2.45, 2.75) is 27.3 Å². The van der Waals surface area contributed by atoms with Crippen LogP contribution < -0.4 is 11.3 Å². The van der Waals surface area contributed by atoms with Crippen molar-refractivity contribution in [1.29, 1.82) is 0 Å². The molecule has 1 aromatic carbocycles. The highest BCUT2D eigenvalue weighted by atomic mass is 16.1. The Labute approximate surface area is 106 Å². The summed E-state index contributed by atoms with van der Waals surface area (Å²) in [5, 5.41) is 4.34. The fourth-order valence-corrected chi connectivity index (χ4v) is 1.92. The maximum Gasteiger partial charge on any atom is 0.271 e. The summed E-state index contributed by atoms with van der Waals surface area (Å²) in [4.78, 5) is 12.1. The van der Waals surface area contributed by atoms with Crippen LogP contribution in [0.4, 0.5) is 0 Å². The van der Waals surface area contributed by atoms with Gasteiger partial charge in [0.05, 0.1) is 11.4 Å². The lowest BCUT2D eigenvalue weighted by atomic mass is 10.1. The molecule has 0 atom stereocenters. The van der Waals surface area contributed by atoms with E-state index in [1.807, 2.05) is 39.0 Å². The number of nitrogens with zero attached hydrogens (tertiary/aromatic N) is 2. The molecule has 0 aliphatic rings. The number of benzene rings is 1. The lowest BCUT2D eigenvalue weighted by Gasteiger charge is -2.12. The normalized spacial score (nSPS) is 10.7. The lowest BCUT2D eigenvalue weighted by Crippen LogP contribution is -2.24. The Kier molecular flexibility index (Phi) is 3.30. The quantitative estimate of drug-likeness (QED) is 0.871. The largest absolute Gasteiger partial charge is 0.326 e. The average molecular weight is 243 g/mol. The molecule has 94 valence electrons. The number of nitrogens with two attached hydrogens (primary N) is 1. The lowest BCUT2D eigenvalue weighted by molar-refractivity contribution is 0.762. The molecule has 2 N–H and O–H groups in total. The molecule has 4 nitrogen and oxygen atoms in total. The minimum atomic E-state index is -0.144. The van der Waals surface area contributed by atoms with Crippen LogP contribution >= 0.6 is 0 Å². The molecular weight excluding hydrogens is 226 g/mol. The molecule has 0 amide bonds. The summed E-state index contributed by atoms with van der Waals surface area (Å²) in [6.07, 6.45) is 0. The van der Waals surface area contributed by atoms with Gasteiger partial charge in [0.2, 0.25) is 0 Å². The van der Waals surface area contributed by atoms with Crippen LogP contribution in [-0.2, 0) is 6.54 Å². The molecule has 0 aliphatic heterocycles. The standard InChI is InChI=1S/C14H17N3O/c1-9-5-4-6-13(10(9)2)17-14(18)7-12(8-15)11(3)16-17/h4-7H,8,15H2,1-3H3. The van der Waals surface area contributed by atoms with Gasteiger partial charge in [0.15, 0.2) is 0 Å². The van der Waals surface area contributed by atoms with Crippen molar-refractivity contribution >= 4 is 0 Å². The molecule has 0 bridgehead atoms. The Morgan fingerprint density at radius 1 is 1.28 bits per heavy atom. The molecule has 1 aromatic heterocycles. The van der Waals surface area contributed by atoms with Crippen molar-refractivity contribution in [2.75, 3.05) is 0 Å². The summed E-state index contributed by atoms with van der Waals surface area (Å²) in [5.41, 5.74) is 10.0. The Morgan fingerprint density at radius 2 is 2.00 bits per heavy atom. The van der Waals surface area contributed by atoms with Gasteiger partial charge < -0.3 is 5.73 Å². The third kappa shape index (κ3) is 2.07. The molecule has 0 spiro atoms. The van der Waals surface area contributed by atoms with Crippen LogP contribution in [0.25, 0.3) is 5.69 Å². The highest BCUT2D eigenvalue weighted by Crippen LogP contribution is 2.15. The predicted molar refractivity (Wildman–Crippen MR) is 71.9 cm³/mol. The van der Waals surface area contributed by atoms with Crippen molar-refractivity contribution in [2.24, 2.45) is 5.73 Å². The zero-order valence-corrected chi connectivity index (χ0v) is 10.9. The highest BCUT2D eigenvalue weighted by molar-refractivity contribution is 5.44. The molecule has 2 aromatic rings. The number of hydrogen-bond acceptors (Lipinski definition) is 3. The summed E-state index contributed by atoms with van der Waals surface area (Å²) in [6, 6.07) is 7.41. The smallest absolute Gasteiger partial charge is 0.271 e. The van der Waals surface area contributed by atoms with Gasteiger partial charge >= 0.3 is 0 Å². The van der Waals surface area contributed by atoms with Crippen LogP contribution in [0.3, 0.4) is 0 Å². The second kappa shape index (κ2) is 4.74. The van der Waals surface area contributed by atoms with Gasteiger partial charge in [-0.1, -0.05) is 12.1 Å². The Morgan fingerprint density at radius 3 is 2.67 bits per heavy atom. The maximum absolute atomic E-state index is 12.1. The third-order valence-electron chi connectivity index (χ3n) is 3.25. The molecule has 18 heavy (non-hydrogen) atoms. The number of aromatic nitrogens is 2. The van der Waals surface area contributed by atoms with Crippen LogP contribution in [0.2, 0.25) is 0 Å². The van der Waals surface area contributed by atoms with E-state index in [1.165, 1.54) is 4.68 Å². The van der Waals surface area contributed by atoms with E-state index >= 15 is 0 Å². The molecule has 0 unspecified atom stereocenters. The van der Waals surface area contributed by atoms with E-state index in [1.54, 1.807) is 6.07 Å². The van der Waals surface area contributed by atoms with Gasteiger partial charge in [0, 0.05) is 12.6 Å². The molecule has 0 saturated carbocycles.